The highest BCUT2D eigenvalue weighted by Crippen LogP contribution is 2.44. The number of nitrogens with zero attached hydrogens (tertiary/aromatic N) is 1. The van der Waals surface area contributed by atoms with Crippen LogP contribution in [0, 0.1) is 11.8 Å². The molecule has 2 amide bonds. The van der Waals surface area contributed by atoms with Crippen LogP contribution in [-0.4, -0.2) is 54.7 Å². The molecule has 188 valence electrons. The highest BCUT2D eigenvalue weighted by molar-refractivity contribution is 5.79. The van der Waals surface area contributed by atoms with Gasteiger partial charge in [-0.2, -0.15) is 0 Å². The van der Waals surface area contributed by atoms with Crippen LogP contribution in [-0.2, 0) is 14.3 Å². The number of fused-ring (bicyclic) bond motifs is 3. The molecule has 0 heterocycles. The van der Waals surface area contributed by atoms with Crippen LogP contribution in [0.25, 0.3) is 11.1 Å². The summed E-state index contributed by atoms with van der Waals surface area (Å²) in [4.78, 5) is 37.5. The summed E-state index contributed by atoms with van der Waals surface area (Å²) in [6.45, 7) is 5.17. The second-order valence-electron chi connectivity index (χ2n) is 9.72. The van der Waals surface area contributed by atoms with E-state index in [-0.39, 0.29) is 30.8 Å². The van der Waals surface area contributed by atoms with Crippen molar-refractivity contribution in [3.8, 4) is 11.1 Å². The largest absolute Gasteiger partial charge is 0.481 e. The Morgan fingerprint density at radius 3 is 2.20 bits per heavy atom. The SMILES string of the molecule is CC(C)C[C@H](CNC(=O)OCC1c2ccccc2-c2ccccc21)CC(=O)N(C)CCCC(=O)O. The molecule has 2 aromatic rings. The van der Waals surface area contributed by atoms with E-state index < -0.39 is 12.1 Å². The van der Waals surface area contributed by atoms with Crippen molar-refractivity contribution in [3.63, 3.8) is 0 Å². The minimum Gasteiger partial charge on any atom is -0.481 e. The fraction of sp³-hybridized carbons (Fsp3) is 0.464. The van der Waals surface area contributed by atoms with Crippen LogP contribution < -0.4 is 5.32 Å². The van der Waals surface area contributed by atoms with Gasteiger partial charge in [0, 0.05) is 38.9 Å². The molecule has 35 heavy (non-hydrogen) atoms. The van der Waals surface area contributed by atoms with Crippen molar-refractivity contribution in [1.29, 1.82) is 0 Å². The highest BCUT2D eigenvalue weighted by Gasteiger charge is 2.29. The smallest absolute Gasteiger partial charge is 0.407 e. The molecule has 0 unspecified atom stereocenters. The third-order valence-electron chi connectivity index (χ3n) is 6.46. The van der Waals surface area contributed by atoms with E-state index in [0.29, 0.717) is 31.8 Å². The van der Waals surface area contributed by atoms with Gasteiger partial charge in [0.25, 0.3) is 0 Å². The van der Waals surface area contributed by atoms with Crippen LogP contribution in [0.5, 0.6) is 0 Å². The molecule has 1 aliphatic carbocycles. The molecule has 0 spiro atoms. The molecule has 3 rings (SSSR count). The monoisotopic (exact) mass is 480 g/mol. The number of benzene rings is 2. The first-order valence-electron chi connectivity index (χ1n) is 12.3. The quantitative estimate of drug-likeness (QED) is 0.450. The number of carboxylic acid groups (broad SMARTS) is 1. The van der Waals surface area contributed by atoms with Crippen LogP contribution >= 0.6 is 0 Å². The van der Waals surface area contributed by atoms with Crippen molar-refractivity contribution in [2.45, 2.75) is 45.4 Å². The van der Waals surface area contributed by atoms with Crippen LogP contribution in [0.2, 0.25) is 0 Å². The van der Waals surface area contributed by atoms with E-state index in [1.165, 1.54) is 11.1 Å². The van der Waals surface area contributed by atoms with Gasteiger partial charge in [-0.15, -0.1) is 0 Å². The molecule has 0 saturated carbocycles. The van der Waals surface area contributed by atoms with E-state index in [4.69, 9.17) is 9.84 Å². The van der Waals surface area contributed by atoms with E-state index in [1.807, 2.05) is 24.3 Å². The maximum Gasteiger partial charge on any atom is 0.407 e. The van der Waals surface area contributed by atoms with Gasteiger partial charge in [0.1, 0.15) is 6.61 Å². The third-order valence-corrected chi connectivity index (χ3v) is 6.46. The van der Waals surface area contributed by atoms with Crippen LogP contribution in [0.4, 0.5) is 4.79 Å². The number of carbonyl (C=O) groups excluding carboxylic acids is 2. The molecule has 0 saturated heterocycles. The average Bonchev–Trinajstić information content (AvgIpc) is 3.14. The van der Waals surface area contributed by atoms with Gasteiger partial charge in [0.2, 0.25) is 5.91 Å². The van der Waals surface area contributed by atoms with Gasteiger partial charge in [-0.3, -0.25) is 9.59 Å². The lowest BCUT2D eigenvalue weighted by Gasteiger charge is -2.23. The molecule has 7 nitrogen and oxygen atoms in total. The van der Waals surface area contributed by atoms with Crippen molar-refractivity contribution in [2.75, 3.05) is 26.7 Å². The molecule has 1 atom stereocenters. The fourth-order valence-corrected chi connectivity index (χ4v) is 4.78. The van der Waals surface area contributed by atoms with Crippen molar-refractivity contribution in [2.24, 2.45) is 11.8 Å². The molecule has 0 fully saturated rings. The number of hydrogen-bond donors (Lipinski definition) is 2. The highest BCUT2D eigenvalue weighted by atomic mass is 16.5. The maximum absolute atomic E-state index is 12.6. The first kappa shape index (κ1) is 26.3. The molecule has 0 aromatic heterocycles. The Balaban J connectivity index is 1.52. The maximum atomic E-state index is 12.6. The van der Waals surface area contributed by atoms with Gasteiger partial charge in [0.15, 0.2) is 0 Å². The standard InChI is InChI=1S/C28H36N2O5/c1-19(2)15-20(16-26(31)30(3)14-8-13-27(32)33)17-29-28(34)35-18-25-23-11-6-4-9-21(23)22-10-5-7-12-24(22)25/h4-7,9-12,19-20,25H,8,13-18H2,1-3H3,(H,29,34)(H,32,33)/t20-/m0/s1. The minimum atomic E-state index is -0.865. The number of rotatable bonds is 12. The van der Waals surface area contributed by atoms with Gasteiger partial charge in [-0.1, -0.05) is 62.4 Å². The Kier molecular flexibility index (Phi) is 9.29. The number of alkyl carbamates (subject to hydrolysis) is 1. The van der Waals surface area contributed by atoms with Gasteiger partial charge in [-0.05, 0) is 46.9 Å². The molecule has 7 heteroatoms. The zero-order chi connectivity index (χ0) is 25.4. The molecule has 1 aliphatic rings. The molecule has 0 bridgehead atoms. The normalized spacial score (nSPS) is 13.1. The van der Waals surface area contributed by atoms with Crippen molar-refractivity contribution in [3.05, 3.63) is 59.7 Å². The van der Waals surface area contributed by atoms with Crippen LogP contribution in [0.3, 0.4) is 0 Å². The first-order chi connectivity index (χ1) is 16.8. The Morgan fingerprint density at radius 1 is 1.03 bits per heavy atom. The molecule has 0 aliphatic heterocycles. The predicted octanol–water partition coefficient (Wildman–Crippen LogP) is 4.90. The Hall–Kier alpha value is -3.35. The molecule has 0 radical (unpaired) electrons. The number of amides is 2. The van der Waals surface area contributed by atoms with E-state index in [1.54, 1.807) is 11.9 Å². The Bertz CT molecular complexity index is 990. The van der Waals surface area contributed by atoms with Crippen molar-refractivity contribution >= 4 is 18.0 Å². The lowest BCUT2D eigenvalue weighted by atomic mass is 9.93. The number of carboxylic acids is 1. The number of ether oxygens (including phenoxy) is 1. The van der Waals surface area contributed by atoms with E-state index in [2.05, 4.69) is 43.4 Å². The molecular formula is C28H36N2O5. The van der Waals surface area contributed by atoms with Crippen molar-refractivity contribution < 1.29 is 24.2 Å². The van der Waals surface area contributed by atoms with Crippen LogP contribution in [0.15, 0.2) is 48.5 Å². The lowest BCUT2D eigenvalue weighted by molar-refractivity contribution is -0.138. The van der Waals surface area contributed by atoms with Gasteiger partial charge in [-0.25, -0.2) is 4.79 Å². The summed E-state index contributed by atoms with van der Waals surface area (Å²) in [6.07, 6.45) is 1.06. The first-order valence-corrected chi connectivity index (χ1v) is 12.3. The van der Waals surface area contributed by atoms with E-state index in [0.717, 1.165) is 17.5 Å². The van der Waals surface area contributed by atoms with Gasteiger partial charge in [0.05, 0.1) is 0 Å². The van der Waals surface area contributed by atoms with Crippen LogP contribution in [0.1, 0.15) is 56.6 Å². The minimum absolute atomic E-state index is 0.000593. The Labute approximate surface area is 207 Å². The van der Waals surface area contributed by atoms with Gasteiger partial charge >= 0.3 is 12.1 Å². The summed E-state index contributed by atoms with van der Waals surface area (Å²) in [5.41, 5.74) is 4.69. The summed E-state index contributed by atoms with van der Waals surface area (Å²) >= 11 is 0. The summed E-state index contributed by atoms with van der Waals surface area (Å²) in [5.74, 6) is -0.564. The van der Waals surface area contributed by atoms with E-state index >= 15 is 0 Å². The second kappa shape index (κ2) is 12.4. The number of hydrogen-bond acceptors (Lipinski definition) is 4. The summed E-state index contributed by atoms with van der Waals surface area (Å²) in [6, 6.07) is 16.4. The summed E-state index contributed by atoms with van der Waals surface area (Å²) in [7, 11) is 1.69. The second-order valence-corrected chi connectivity index (χ2v) is 9.72. The Morgan fingerprint density at radius 2 is 1.63 bits per heavy atom. The zero-order valence-corrected chi connectivity index (χ0v) is 20.8. The number of carbonyl (C=O) groups is 3. The molecule has 2 aromatic carbocycles. The number of nitrogens with one attached hydrogen (secondary N) is 1. The van der Waals surface area contributed by atoms with E-state index in [9.17, 15) is 14.4 Å². The third kappa shape index (κ3) is 7.31. The van der Waals surface area contributed by atoms with Gasteiger partial charge < -0.3 is 20.1 Å². The lowest BCUT2D eigenvalue weighted by Crippen LogP contribution is -2.35. The summed E-state index contributed by atoms with van der Waals surface area (Å²) in [5, 5.41) is 11.6. The molecular weight excluding hydrogens is 444 g/mol. The number of aliphatic carboxylic acids is 1. The topological polar surface area (TPSA) is 95.9 Å². The van der Waals surface area contributed by atoms with Crippen molar-refractivity contribution in [1.82, 2.24) is 10.2 Å². The molecule has 2 N–H and O–H groups in total. The zero-order valence-electron chi connectivity index (χ0n) is 20.8. The summed E-state index contributed by atoms with van der Waals surface area (Å²) < 4.78 is 5.62. The average molecular weight is 481 g/mol. The predicted molar refractivity (Wildman–Crippen MR) is 135 cm³/mol. The fourth-order valence-electron chi connectivity index (χ4n) is 4.78.